The van der Waals surface area contributed by atoms with Crippen molar-refractivity contribution < 1.29 is 0 Å². The summed E-state index contributed by atoms with van der Waals surface area (Å²) in [6, 6.07) is 8.19. The molecule has 18 heavy (non-hydrogen) atoms. The second-order valence-electron chi connectivity index (χ2n) is 3.97. The summed E-state index contributed by atoms with van der Waals surface area (Å²) in [7, 11) is 0. The van der Waals surface area contributed by atoms with Gasteiger partial charge in [-0.25, -0.2) is 9.97 Å². The van der Waals surface area contributed by atoms with E-state index in [0.29, 0.717) is 11.0 Å². The van der Waals surface area contributed by atoms with Gasteiger partial charge in [0.15, 0.2) is 5.16 Å². The number of nitrogens with zero attached hydrogens (tertiary/aromatic N) is 2. The molecule has 0 unspecified atom stereocenters. The molecule has 2 aromatic rings. The van der Waals surface area contributed by atoms with Gasteiger partial charge in [-0.3, -0.25) is 0 Å². The van der Waals surface area contributed by atoms with Crippen LogP contribution in [-0.4, -0.2) is 16.2 Å². The third-order valence-corrected chi connectivity index (χ3v) is 4.04. The Balaban J connectivity index is 2.27. The Hall–Kier alpha value is -1.20. The van der Waals surface area contributed by atoms with Crippen molar-refractivity contribution >= 4 is 29.3 Å². The molecule has 0 aliphatic carbocycles. The van der Waals surface area contributed by atoms with E-state index in [0.717, 1.165) is 5.03 Å². The van der Waals surface area contributed by atoms with Crippen LogP contribution in [0.3, 0.4) is 0 Å². The van der Waals surface area contributed by atoms with Crippen molar-refractivity contribution in [2.45, 2.75) is 28.9 Å². The van der Waals surface area contributed by atoms with E-state index < -0.39 is 0 Å². The van der Waals surface area contributed by atoms with Crippen molar-refractivity contribution in [3.8, 4) is 0 Å². The van der Waals surface area contributed by atoms with Gasteiger partial charge in [0.2, 0.25) is 0 Å². The minimum absolute atomic E-state index is 0.515. The molecule has 0 saturated heterocycles. The van der Waals surface area contributed by atoms with E-state index in [9.17, 15) is 0 Å². The number of benzene rings is 1. The lowest BCUT2D eigenvalue weighted by Crippen LogP contribution is -1.95. The van der Waals surface area contributed by atoms with Crippen LogP contribution in [0, 0.1) is 13.8 Å². The molecule has 94 valence electrons. The maximum atomic E-state index is 5.76. The molecule has 0 spiro atoms. The fourth-order valence-corrected chi connectivity index (χ4v) is 2.83. The predicted molar refractivity (Wildman–Crippen MR) is 78.3 cm³/mol. The summed E-state index contributed by atoms with van der Waals surface area (Å²) in [5.41, 5.74) is 8.35. The van der Waals surface area contributed by atoms with Crippen molar-refractivity contribution in [1.82, 2.24) is 9.97 Å². The van der Waals surface area contributed by atoms with E-state index in [1.165, 1.54) is 27.8 Å². The first kappa shape index (κ1) is 13.2. The molecule has 1 aromatic carbocycles. The van der Waals surface area contributed by atoms with Gasteiger partial charge in [0.1, 0.15) is 10.8 Å². The minimum atomic E-state index is 0.515. The number of aryl methyl sites for hydroxylation is 2. The first-order chi connectivity index (χ1) is 8.58. The van der Waals surface area contributed by atoms with Crippen molar-refractivity contribution in [2.75, 3.05) is 12.0 Å². The molecular weight excluding hydrogens is 262 g/mol. The third-order valence-electron chi connectivity index (χ3n) is 2.59. The summed E-state index contributed by atoms with van der Waals surface area (Å²) in [5, 5.41) is 1.59. The van der Waals surface area contributed by atoms with Crippen LogP contribution in [0.25, 0.3) is 0 Å². The lowest BCUT2D eigenvalue weighted by Gasteiger charge is -2.06. The van der Waals surface area contributed by atoms with Crippen molar-refractivity contribution in [1.29, 1.82) is 0 Å². The number of hydrogen-bond acceptors (Lipinski definition) is 5. The van der Waals surface area contributed by atoms with Gasteiger partial charge in [-0.2, -0.15) is 0 Å². The molecule has 0 atom stereocenters. The maximum absolute atomic E-state index is 5.76. The van der Waals surface area contributed by atoms with Crippen molar-refractivity contribution in [3.05, 3.63) is 35.4 Å². The molecule has 5 heteroatoms. The molecule has 0 bridgehead atoms. The average molecular weight is 277 g/mol. The molecule has 2 rings (SSSR count). The van der Waals surface area contributed by atoms with Crippen LogP contribution >= 0.6 is 23.5 Å². The number of rotatable bonds is 3. The van der Waals surface area contributed by atoms with E-state index >= 15 is 0 Å². The molecule has 0 aliphatic heterocycles. The van der Waals surface area contributed by atoms with Gasteiger partial charge in [0.25, 0.3) is 0 Å². The van der Waals surface area contributed by atoms with Crippen LogP contribution in [0.5, 0.6) is 0 Å². The highest BCUT2D eigenvalue weighted by molar-refractivity contribution is 7.99. The highest BCUT2D eigenvalue weighted by Gasteiger charge is 2.05. The molecule has 2 N–H and O–H groups in total. The largest absolute Gasteiger partial charge is 0.384 e. The summed E-state index contributed by atoms with van der Waals surface area (Å²) in [4.78, 5) is 9.75. The van der Waals surface area contributed by atoms with Gasteiger partial charge in [-0.05, 0) is 43.4 Å². The smallest absolute Gasteiger partial charge is 0.190 e. The number of thioether (sulfide) groups is 1. The number of hydrogen-bond donors (Lipinski definition) is 1. The van der Waals surface area contributed by atoms with Gasteiger partial charge in [-0.1, -0.05) is 29.6 Å². The first-order valence-corrected chi connectivity index (χ1v) is 7.56. The van der Waals surface area contributed by atoms with Crippen LogP contribution in [0.4, 0.5) is 5.82 Å². The summed E-state index contributed by atoms with van der Waals surface area (Å²) in [6.07, 6.45) is 1.94. The zero-order chi connectivity index (χ0) is 13.1. The lowest BCUT2D eigenvalue weighted by atomic mass is 10.1. The van der Waals surface area contributed by atoms with Gasteiger partial charge >= 0.3 is 0 Å². The van der Waals surface area contributed by atoms with E-state index in [4.69, 9.17) is 5.73 Å². The molecule has 3 nitrogen and oxygen atoms in total. The summed E-state index contributed by atoms with van der Waals surface area (Å²) in [5.74, 6) is 0.515. The normalized spacial score (nSPS) is 10.6. The van der Waals surface area contributed by atoms with Gasteiger partial charge in [-0.15, -0.1) is 0 Å². The maximum Gasteiger partial charge on any atom is 0.190 e. The van der Waals surface area contributed by atoms with Crippen molar-refractivity contribution in [2.24, 2.45) is 0 Å². The Labute approximate surface area is 116 Å². The van der Waals surface area contributed by atoms with Gasteiger partial charge < -0.3 is 5.73 Å². The number of nitrogens with two attached hydrogens (primary N) is 1. The van der Waals surface area contributed by atoms with E-state index in [2.05, 4.69) is 42.0 Å². The molecular formula is C13H15N3S2. The Morgan fingerprint density at radius 2 is 1.83 bits per heavy atom. The van der Waals surface area contributed by atoms with Crippen LogP contribution in [-0.2, 0) is 0 Å². The Morgan fingerprint density at radius 3 is 2.50 bits per heavy atom. The quantitative estimate of drug-likeness (QED) is 0.528. The van der Waals surface area contributed by atoms with E-state index in [-0.39, 0.29) is 0 Å². The Kier molecular flexibility index (Phi) is 4.14. The monoisotopic (exact) mass is 277 g/mol. The second kappa shape index (κ2) is 5.63. The summed E-state index contributed by atoms with van der Waals surface area (Å²) in [6.45, 7) is 4.22. The van der Waals surface area contributed by atoms with Crippen LogP contribution in [0.1, 0.15) is 11.1 Å². The van der Waals surface area contributed by atoms with Gasteiger partial charge in [0.05, 0.1) is 0 Å². The SMILES string of the molecule is CSc1nc(N)cc(Sc2ccc(C)c(C)c2)n1. The van der Waals surface area contributed by atoms with Crippen LogP contribution in [0.2, 0.25) is 0 Å². The number of nitrogen functional groups attached to an aromatic ring is 1. The zero-order valence-corrected chi connectivity index (χ0v) is 12.2. The third kappa shape index (κ3) is 3.17. The average Bonchev–Trinajstić information content (AvgIpc) is 2.33. The molecule has 0 radical (unpaired) electrons. The molecule has 0 amide bonds. The molecule has 1 heterocycles. The fraction of sp³-hybridized carbons (Fsp3) is 0.231. The minimum Gasteiger partial charge on any atom is -0.384 e. The highest BCUT2D eigenvalue weighted by atomic mass is 32.2. The zero-order valence-electron chi connectivity index (χ0n) is 10.6. The van der Waals surface area contributed by atoms with E-state index in [1.54, 1.807) is 17.8 Å². The first-order valence-electron chi connectivity index (χ1n) is 5.52. The second-order valence-corrected chi connectivity index (χ2v) is 5.83. The topological polar surface area (TPSA) is 51.8 Å². The predicted octanol–water partition coefficient (Wildman–Crippen LogP) is 3.55. The lowest BCUT2D eigenvalue weighted by molar-refractivity contribution is 0.902. The molecule has 0 aliphatic rings. The van der Waals surface area contributed by atoms with Gasteiger partial charge in [0, 0.05) is 11.0 Å². The number of aromatic nitrogens is 2. The Bertz CT molecular complexity index is 570. The molecule has 0 fully saturated rings. The van der Waals surface area contributed by atoms with Crippen molar-refractivity contribution in [3.63, 3.8) is 0 Å². The van der Waals surface area contributed by atoms with E-state index in [1.807, 2.05) is 6.26 Å². The molecule has 1 aromatic heterocycles. The summed E-state index contributed by atoms with van der Waals surface area (Å²) < 4.78 is 0. The van der Waals surface area contributed by atoms with Crippen LogP contribution in [0.15, 0.2) is 39.3 Å². The molecule has 0 saturated carbocycles. The Morgan fingerprint density at radius 1 is 1.06 bits per heavy atom. The number of anilines is 1. The summed E-state index contributed by atoms with van der Waals surface area (Å²) >= 11 is 3.11. The van der Waals surface area contributed by atoms with Crippen LogP contribution < -0.4 is 5.73 Å². The fourth-order valence-electron chi connectivity index (χ4n) is 1.46. The highest BCUT2D eigenvalue weighted by Crippen LogP contribution is 2.29. The standard InChI is InChI=1S/C13H15N3S2/c1-8-4-5-10(6-9(8)2)18-12-7-11(14)15-13(16-12)17-3/h4-7H,1-3H3,(H2,14,15,16).